The van der Waals surface area contributed by atoms with Crippen molar-refractivity contribution in [1.82, 2.24) is 20.2 Å². The zero-order valence-electron chi connectivity index (χ0n) is 11.2. The summed E-state index contributed by atoms with van der Waals surface area (Å²) in [5, 5.41) is 2.78. The molecule has 1 N–H and O–H groups in total. The van der Waals surface area contributed by atoms with Gasteiger partial charge in [0.1, 0.15) is 11.5 Å². The van der Waals surface area contributed by atoms with Gasteiger partial charge in [0.2, 0.25) is 0 Å². The van der Waals surface area contributed by atoms with Crippen LogP contribution in [0.1, 0.15) is 47.8 Å². The number of hydrogen-bond acceptors (Lipinski definition) is 4. The Balaban J connectivity index is 2.28. The number of nitrogens with zero attached hydrogens (tertiary/aromatic N) is 3. The van der Waals surface area contributed by atoms with Crippen molar-refractivity contribution in [3.05, 3.63) is 23.3 Å². The summed E-state index contributed by atoms with van der Waals surface area (Å²) in [7, 11) is 2.08. The fourth-order valence-corrected chi connectivity index (χ4v) is 2.34. The first kappa shape index (κ1) is 13.0. The van der Waals surface area contributed by atoms with Gasteiger partial charge in [-0.3, -0.25) is 9.69 Å². The molecule has 1 aliphatic heterocycles. The Morgan fingerprint density at radius 2 is 2.33 bits per heavy atom. The lowest BCUT2D eigenvalue weighted by Gasteiger charge is -2.18. The summed E-state index contributed by atoms with van der Waals surface area (Å²) in [5.74, 6) is 0.654. The largest absolute Gasteiger partial charge is 0.351 e. The summed E-state index contributed by atoms with van der Waals surface area (Å²) in [5.41, 5.74) is 1.32. The van der Waals surface area contributed by atoms with E-state index in [9.17, 15) is 4.79 Å². The van der Waals surface area contributed by atoms with Crippen LogP contribution in [0.25, 0.3) is 0 Å². The first-order valence-electron chi connectivity index (χ1n) is 6.46. The van der Waals surface area contributed by atoms with Crippen LogP contribution in [0.2, 0.25) is 0 Å². The SMILES string of the molecule is CCNC(=O)c1cc(C)nc([C@H]2CCCN2C)n1. The van der Waals surface area contributed by atoms with Crippen molar-refractivity contribution < 1.29 is 4.79 Å². The zero-order chi connectivity index (χ0) is 13.1. The molecule has 0 saturated carbocycles. The maximum atomic E-state index is 11.8. The fraction of sp³-hybridized carbons (Fsp3) is 0.615. The zero-order valence-corrected chi connectivity index (χ0v) is 11.2. The van der Waals surface area contributed by atoms with Gasteiger partial charge in [-0.25, -0.2) is 9.97 Å². The third kappa shape index (κ3) is 2.67. The van der Waals surface area contributed by atoms with E-state index < -0.39 is 0 Å². The fourth-order valence-electron chi connectivity index (χ4n) is 2.34. The van der Waals surface area contributed by atoms with Crippen LogP contribution in [0, 0.1) is 6.92 Å². The maximum Gasteiger partial charge on any atom is 0.270 e. The molecule has 1 aliphatic rings. The molecule has 1 saturated heterocycles. The van der Waals surface area contributed by atoms with Gasteiger partial charge in [-0.2, -0.15) is 0 Å². The Hall–Kier alpha value is -1.49. The molecule has 0 radical (unpaired) electrons. The minimum atomic E-state index is -0.120. The minimum absolute atomic E-state index is 0.120. The van der Waals surface area contributed by atoms with E-state index in [0.29, 0.717) is 12.2 Å². The smallest absolute Gasteiger partial charge is 0.270 e. The second-order valence-electron chi connectivity index (χ2n) is 4.75. The molecule has 1 aromatic rings. The molecular formula is C13H20N4O. The molecule has 2 rings (SSSR count). The second-order valence-corrected chi connectivity index (χ2v) is 4.75. The molecule has 0 aliphatic carbocycles. The Labute approximate surface area is 108 Å². The molecule has 1 atom stereocenters. The average Bonchev–Trinajstić information content (AvgIpc) is 2.75. The number of aryl methyl sites for hydroxylation is 1. The van der Waals surface area contributed by atoms with E-state index in [4.69, 9.17) is 0 Å². The van der Waals surface area contributed by atoms with Crippen LogP contribution in [-0.2, 0) is 0 Å². The van der Waals surface area contributed by atoms with Crippen LogP contribution >= 0.6 is 0 Å². The van der Waals surface area contributed by atoms with Gasteiger partial charge < -0.3 is 5.32 Å². The third-order valence-electron chi connectivity index (χ3n) is 3.26. The van der Waals surface area contributed by atoms with Crippen molar-refractivity contribution in [2.45, 2.75) is 32.7 Å². The van der Waals surface area contributed by atoms with Gasteiger partial charge in [-0.15, -0.1) is 0 Å². The number of carbonyl (C=O) groups excluding carboxylic acids is 1. The van der Waals surface area contributed by atoms with Gasteiger partial charge in [0.25, 0.3) is 5.91 Å². The van der Waals surface area contributed by atoms with Gasteiger partial charge in [0, 0.05) is 12.2 Å². The van der Waals surface area contributed by atoms with Crippen LogP contribution in [0.4, 0.5) is 0 Å². The van der Waals surface area contributed by atoms with Gasteiger partial charge in [0.05, 0.1) is 6.04 Å². The van der Waals surface area contributed by atoms with E-state index in [0.717, 1.165) is 30.9 Å². The molecule has 2 heterocycles. The lowest BCUT2D eigenvalue weighted by molar-refractivity contribution is 0.0949. The summed E-state index contributed by atoms with van der Waals surface area (Å²) in [6, 6.07) is 1.99. The average molecular weight is 248 g/mol. The molecule has 1 aromatic heterocycles. The second kappa shape index (κ2) is 5.44. The maximum absolute atomic E-state index is 11.8. The monoisotopic (exact) mass is 248 g/mol. The van der Waals surface area contributed by atoms with Gasteiger partial charge >= 0.3 is 0 Å². The third-order valence-corrected chi connectivity index (χ3v) is 3.26. The van der Waals surface area contributed by atoms with E-state index >= 15 is 0 Å². The van der Waals surface area contributed by atoms with E-state index in [1.54, 1.807) is 6.07 Å². The summed E-state index contributed by atoms with van der Waals surface area (Å²) in [4.78, 5) is 23.0. The van der Waals surface area contributed by atoms with Crippen molar-refractivity contribution in [1.29, 1.82) is 0 Å². The van der Waals surface area contributed by atoms with Crippen molar-refractivity contribution >= 4 is 5.91 Å². The number of amides is 1. The van der Waals surface area contributed by atoms with E-state index in [2.05, 4.69) is 27.2 Å². The topological polar surface area (TPSA) is 58.1 Å². The minimum Gasteiger partial charge on any atom is -0.351 e. The number of carbonyl (C=O) groups is 1. The lowest BCUT2D eigenvalue weighted by atomic mass is 10.2. The lowest BCUT2D eigenvalue weighted by Crippen LogP contribution is -2.26. The van der Waals surface area contributed by atoms with Crippen molar-refractivity contribution in [2.75, 3.05) is 20.1 Å². The highest BCUT2D eigenvalue weighted by Gasteiger charge is 2.26. The summed E-state index contributed by atoms with van der Waals surface area (Å²) >= 11 is 0. The first-order chi connectivity index (χ1) is 8.61. The molecule has 1 fully saturated rings. The van der Waals surface area contributed by atoms with Crippen LogP contribution in [0.3, 0.4) is 0 Å². The number of aromatic nitrogens is 2. The standard InChI is InChI=1S/C13H20N4O/c1-4-14-13(18)10-8-9(2)15-12(16-10)11-6-5-7-17(11)3/h8,11H,4-7H2,1-3H3,(H,14,18)/t11-/m1/s1. The van der Waals surface area contributed by atoms with E-state index in [1.165, 1.54) is 0 Å². The Morgan fingerprint density at radius 1 is 1.56 bits per heavy atom. The summed E-state index contributed by atoms with van der Waals surface area (Å²) < 4.78 is 0. The van der Waals surface area contributed by atoms with E-state index in [-0.39, 0.29) is 11.9 Å². The highest BCUT2D eigenvalue weighted by molar-refractivity contribution is 5.92. The molecule has 98 valence electrons. The predicted molar refractivity (Wildman–Crippen MR) is 69.4 cm³/mol. The highest BCUT2D eigenvalue weighted by atomic mass is 16.1. The normalized spacial score (nSPS) is 20.1. The summed E-state index contributed by atoms with van der Waals surface area (Å²) in [6.07, 6.45) is 2.23. The molecule has 5 heteroatoms. The molecule has 0 bridgehead atoms. The van der Waals surface area contributed by atoms with Crippen molar-refractivity contribution in [2.24, 2.45) is 0 Å². The predicted octanol–water partition coefficient (Wildman–Crippen LogP) is 1.30. The van der Waals surface area contributed by atoms with Crippen molar-refractivity contribution in [3.63, 3.8) is 0 Å². The van der Waals surface area contributed by atoms with Crippen LogP contribution in [0.15, 0.2) is 6.07 Å². The molecule has 5 nitrogen and oxygen atoms in total. The molecule has 0 unspecified atom stereocenters. The Kier molecular flexibility index (Phi) is 3.91. The molecule has 0 aromatic carbocycles. The number of nitrogens with one attached hydrogen (secondary N) is 1. The Bertz CT molecular complexity index is 447. The first-order valence-corrected chi connectivity index (χ1v) is 6.46. The quantitative estimate of drug-likeness (QED) is 0.876. The molecular weight excluding hydrogens is 228 g/mol. The summed E-state index contributed by atoms with van der Waals surface area (Å²) in [6.45, 7) is 5.49. The molecule has 18 heavy (non-hydrogen) atoms. The van der Waals surface area contributed by atoms with E-state index in [1.807, 2.05) is 13.8 Å². The van der Waals surface area contributed by atoms with Crippen LogP contribution in [-0.4, -0.2) is 40.9 Å². The number of likely N-dealkylation sites (tertiary alicyclic amines) is 1. The van der Waals surface area contributed by atoms with Gasteiger partial charge in [0.15, 0.2) is 0 Å². The molecule has 1 amide bonds. The molecule has 0 spiro atoms. The van der Waals surface area contributed by atoms with Gasteiger partial charge in [-0.1, -0.05) is 0 Å². The Morgan fingerprint density at radius 3 is 2.94 bits per heavy atom. The van der Waals surface area contributed by atoms with Gasteiger partial charge in [-0.05, 0) is 46.3 Å². The van der Waals surface area contributed by atoms with Crippen LogP contribution in [0.5, 0.6) is 0 Å². The number of hydrogen-bond donors (Lipinski definition) is 1. The highest BCUT2D eigenvalue weighted by Crippen LogP contribution is 2.28. The van der Waals surface area contributed by atoms with Crippen LogP contribution < -0.4 is 5.32 Å². The number of rotatable bonds is 3. The van der Waals surface area contributed by atoms with Crippen molar-refractivity contribution in [3.8, 4) is 0 Å².